The lowest BCUT2D eigenvalue weighted by Crippen LogP contribution is -2.29. The molecule has 0 aliphatic heterocycles. The normalized spacial score (nSPS) is 10.9. The van der Waals surface area contributed by atoms with Gasteiger partial charge in [-0.25, -0.2) is 9.13 Å². The van der Waals surface area contributed by atoms with E-state index in [1.54, 1.807) is 0 Å². The van der Waals surface area contributed by atoms with Crippen molar-refractivity contribution in [3.8, 4) is 0 Å². The highest BCUT2D eigenvalue weighted by atomic mass is 15.1. The van der Waals surface area contributed by atoms with Crippen LogP contribution < -0.4 is 4.57 Å². The van der Waals surface area contributed by atoms with Gasteiger partial charge in [0.15, 0.2) is 0 Å². The summed E-state index contributed by atoms with van der Waals surface area (Å²) in [6.45, 7) is 5.62. The summed E-state index contributed by atoms with van der Waals surface area (Å²) in [5.74, 6) is 1.35. The van der Waals surface area contributed by atoms with Gasteiger partial charge in [-0.1, -0.05) is 32.6 Å². The first-order valence-corrected chi connectivity index (χ1v) is 6.27. The average molecular weight is 209 g/mol. The zero-order valence-electron chi connectivity index (χ0n) is 10.5. The third-order valence-corrected chi connectivity index (χ3v) is 3.15. The maximum atomic E-state index is 2.35. The van der Waals surface area contributed by atoms with E-state index >= 15 is 0 Å². The van der Waals surface area contributed by atoms with Crippen LogP contribution in [0.5, 0.6) is 0 Å². The Kier molecular flexibility index (Phi) is 5.44. The second kappa shape index (κ2) is 6.65. The number of nitrogens with zero attached hydrogens (tertiary/aromatic N) is 2. The van der Waals surface area contributed by atoms with Crippen LogP contribution in [0.4, 0.5) is 0 Å². The van der Waals surface area contributed by atoms with E-state index < -0.39 is 0 Å². The van der Waals surface area contributed by atoms with E-state index in [0.29, 0.717) is 0 Å². The molecule has 0 bridgehead atoms. The van der Waals surface area contributed by atoms with Gasteiger partial charge in [0.1, 0.15) is 12.4 Å². The Hall–Kier alpha value is -0.790. The highest BCUT2D eigenvalue weighted by Crippen LogP contribution is 2.06. The van der Waals surface area contributed by atoms with E-state index in [1.807, 2.05) is 0 Å². The molecule has 1 aromatic rings. The molecule has 0 aliphatic carbocycles. The smallest absolute Gasteiger partial charge is 0.237 e. The predicted octanol–water partition coefficient (Wildman–Crippen LogP) is 2.98. The maximum Gasteiger partial charge on any atom is 0.253 e. The molecule has 86 valence electrons. The summed E-state index contributed by atoms with van der Waals surface area (Å²) in [6, 6.07) is 0. The van der Waals surface area contributed by atoms with Crippen molar-refractivity contribution >= 4 is 0 Å². The van der Waals surface area contributed by atoms with Crippen molar-refractivity contribution in [2.24, 2.45) is 7.05 Å². The van der Waals surface area contributed by atoms with Crippen LogP contribution >= 0.6 is 0 Å². The van der Waals surface area contributed by atoms with E-state index in [-0.39, 0.29) is 0 Å². The predicted molar refractivity (Wildman–Crippen MR) is 63.7 cm³/mol. The molecule has 0 saturated heterocycles. The number of aromatic nitrogens is 2. The molecule has 0 N–H and O–H groups in total. The van der Waals surface area contributed by atoms with Gasteiger partial charge in [0.2, 0.25) is 0 Å². The monoisotopic (exact) mass is 209 g/mol. The van der Waals surface area contributed by atoms with Crippen LogP contribution in [0.25, 0.3) is 0 Å². The topological polar surface area (TPSA) is 8.81 Å². The molecule has 0 atom stereocenters. The molecule has 0 spiro atoms. The van der Waals surface area contributed by atoms with Crippen LogP contribution in [-0.2, 0) is 13.6 Å². The fraction of sp³-hybridized carbons (Fsp3) is 0.769. The molecule has 0 saturated carbocycles. The van der Waals surface area contributed by atoms with Crippen LogP contribution in [0.15, 0.2) is 12.4 Å². The molecule has 2 nitrogen and oxygen atoms in total. The first-order valence-electron chi connectivity index (χ1n) is 6.27. The van der Waals surface area contributed by atoms with Gasteiger partial charge in [0.05, 0.1) is 13.6 Å². The zero-order valence-corrected chi connectivity index (χ0v) is 10.5. The van der Waals surface area contributed by atoms with Gasteiger partial charge in [-0.15, -0.1) is 0 Å². The van der Waals surface area contributed by atoms with Crippen molar-refractivity contribution in [3.05, 3.63) is 18.2 Å². The van der Waals surface area contributed by atoms with Gasteiger partial charge >= 0.3 is 0 Å². The summed E-state index contributed by atoms with van der Waals surface area (Å²) in [4.78, 5) is 0. The van der Waals surface area contributed by atoms with Crippen LogP contribution in [0.1, 0.15) is 51.3 Å². The lowest BCUT2D eigenvalue weighted by molar-refractivity contribution is -0.677. The Bertz CT molecular complexity index is 276. The van der Waals surface area contributed by atoms with Crippen molar-refractivity contribution < 1.29 is 4.57 Å². The molecule has 1 aromatic heterocycles. The number of unbranched alkanes of at least 4 members (excludes halogenated alkanes) is 5. The number of aryl methyl sites for hydroxylation is 2. The fourth-order valence-electron chi connectivity index (χ4n) is 1.90. The lowest BCUT2D eigenvalue weighted by atomic mass is 10.1. The standard InChI is InChI=1S/C13H25N2/c1-4-5-6-7-8-9-10-15-12-11-14(3)13(15)2/h11-12H,4-10H2,1-3H3/q+1. The van der Waals surface area contributed by atoms with Crippen molar-refractivity contribution in [2.75, 3.05) is 0 Å². The van der Waals surface area contributed by atoms with Crippen molar-refractivity contribution in [2.45, 2.75) is 58.9 Å². The number of imidazole rings is 1. The molecule has 0 amide bonds. The van der Waals surface area contributed by atoms with Gasteiger partial charge in [0, 0.05) is 6.92 Å². The molecular formula is C13H25N2+. The molecule has 0 aromatic carbocycles. The van der Waals surface area contributed by atoms with Gasteiger partial charge in [-0.2, -0.15) is 0 Å². The van der Waals surface area contributed by atoms with Crippen molar-refractivity contribution in [1.82, 2.24) is 4.57 Å². The molecule has 15 heavy (non-hydrogen) atoms. The maximum absolute atomic E-state index is 2.35. The second-order valence-corrected chi connectivity index (χ2v) is 4.42. The van der Waals surface area contributed by atoms with E-state index in [9.17, 15) is 0 Å². The molecule has 0 radical (unpaired) electrons. The van der Waals surface area contributed by atoms with Crippen LogP contribution in [0.2, 0.25) is 0 Å². The van der Waals surface area contributed by atoms with E-state index in [2.05, 4.69) is 42.4 Å². The van der Waals surface area contributed by atoms with Gasteiger partial charge in [0.25, 0.3) is 5.82 Å². The highest BCUT2D eigenvalue weighted by Gasteiger charge is 2.07. The Morgan fingerprint density at radius 2 is 1.80 bits per heavy atom. The number of hydrogen-bond acceptors (Lipinski definition) is 0. The molecule has 0 aliphatic rings. The summed E-state index contributed by atoms with van der Waals surface area (Å²) in [7, 11) is 2.10. The molecule has 0 unspecified atom stereocenters. The van der Waals surface area contributed by atoms with Gasteiger partial charge in [-0.05, 0) is 12.8 Å². The van der Waals surface area contributed by atoms with E-state index in [4.69, 9.17) is 0 Å². The average Bonchev–Trinajstić information content (AvgIpc) is 2.54. The molecular weight excluding hydrogens is 184 g/mol. The Morgan fingerprint density at radius 3 is 2.40 bits per heavy atom. The highest BCUT2D eigenvalue weighted by molar-refractivity contribution is 4.78. The molecule has 1 heterocycles. The molecule has 1 rings (SSSR count). The summed E-state index contributed by atoms with van der Waals surface area (Å²) in [6.07, 6.45) is 12.6. The third kappa shape index (κ3) is 4.06. The van der Waals surface area contributed by atoms with Crippen LogP contribution in [0, 0.1) is 6.92 Å². The first kappa shape index (κ1) is 12.3. The summed E-state index contributed by atoms with van der Waals surface area (Å²) < 4.78 is 4.52. The van der Waals surface area contributed by atoms with E-state index in [1.165, 1.54) is 50.9 Å². The SMILES string of the molecule is CCCCCCCCn1cc[n+](C)c1C. The lowest BCUT2D eigenvalue weighted by Gasteiger charge is -2.00. The van der Waals surface area contributed by atoms with Gasteiger partial charge in [-0.3, -0.25) is 0 Å². The zero-order chi connectivity index (χ0) is 11.1. The minimum atomic E-state index is 1.18. The Labute approximate surface area is 93.9 Å². The first-order chi connectivity index (χ1) is 7.25. The van der Waals surface area contributed by atoms with Gasteiger partial charge < -0.3 is 0 Å². The second-order valence-electron chi connectivity index (χ2n) is 4.42. The van der Waals surface area contributed by atoms with Crippen LogP contribution in [0.3, 0.4) is 0 Å². The Balaban J connectivity index is 2.12. The third-order valence-electron chi connectivity index (χ3n) is 3.15. The molecule has 2 heteroatoms. The van der Waals surface area contributed by atoms with Crippen LogP contribution in [-0.4, -0.2) is 4.57 Å². The van der Waals surface area contributed by atoms with E-state index in [0.717, 1.165) is 0 Å². The minimum Gasteiger partial charge on any atom is -0.237 e. The number of hydrogen-bond donors (Lipinski definition) is 0. The molecule has 0 fully saturated rings. The summed E-state index contributed by atoms with van der Waals surface area (Å²) in [5.41, 5.74) is 0. The summed E-state index contributed by atoms with van der Waals surface area (Å²) in [5, 5.41) is 0. The number of rotatable bonds is 7. The Morgan fingerprint density at radius 1 is 1.13 bits per heavy atom. The fourth-order valence-corrected chi connectivity index (χ4v) is 1.90. The quantitative estimate of drug-likeness (QED) is 0.482. The van der Waals surface area contributed by atoms with Crippen molar-refractivity contribution in [1.29, 1.82) is 0 Å². The largest absolute Gasteiger partial charge is 0.253 e. The summed E-state index contributed by atoms with van der Waals surface area (Å²) >= 11 is 0. The van der Waals surface area contributed by atoms with Crippen molar-refractivity contribution in [3.63, 3.8) is 0 Å². The minimum absolute atomic E-state index is 1.18.